The molecule has 0 fully saturated rings. The van der Waals surface area contributed by atoms with E-state index < -0.39 is 6.03 Å². The van der Waals surface area contributed by atoms with Gasteiger partial charge in [0.2, 0.25) is 0 Å². The van der Waals surface area contributed by atoms with E-state index in [9.17, 15) is 4.79 Å². The molecular formula is C19H21N7OS. The third kappa shape index (κ3) is 3.36. The van der Waals surface area contributed by atoms with E-state index >= 15 is 0 Å². The van der Waals surface area contributed by atoms with Crippen molar-refractivity contribution in [3.63, 3.8) is 0 Å². The summed E-state index contributed by atoms with van der Waals surface area (Å²) in [4.78, 5) is 25.0. The summed E-state index contributed by atoms with van der Waals surface area (Å²) in [6.07, 6.45) is 1.78. The number of nitrogens with two attached hydrogens (primary N) is 1. The van der Waals surface area contributed by atoms with E-state index in [0.717, 1.165) is 16.6 Å². The smallest absolute Gasteiger partial charge is 0.312 e. The van der Waals surface area contributed by atoms with Gasteiger partial charge >= 0.3 is 6.03 Å². The molecule has 144 valence electrons. The molecule has 3 aromatic heterocycles. The summed E-state index contributed by atoms with van der Waals surface area (Å²) < 4.78 is 3.22. The molecule has 0 aliphatic heterocycles. The number of imidazole rings is 1. The van der Waals surface area contributed by atoms with Crippen LogP contribution in [0.5, 0.6) is 0 Å². The summed E-state index contributed by atoms with van der Waals surface area (Å²) in [6, 6.07) is 7.89. The van der Waals surface area contributed by atoms with Gasteiger partial charge in [-0.1, -0.05) is 18.2 Å². The van der Waals surface area contributed by atoms with Crippen LogP contribution in [-0.2, 0) is 0 Å². The van der Waals surface area contributed by atoms with Crippen LogP contribution in [0.25, 0.3) is 32.6 Å². The van der Waals surface area contributed by atoms with Gasteiger partial charge in [-0.15, -0.1) is 11.3 Å². The maximum atomic E-state index is 10.9. The Labute approximate surface area is 165 Å². The Bertz CT molecular complexity index is 1150. The number of rotatable bonds is 6. The normalized spacial score (nSPS) is 11.4. The highest BCUT2D eigenvalue weighted by Crippen LogP contribution is 2.34. The molecule has 0 atom stereocenters. The number of nitrogens with one attached hydrogen (secondary N) is 2. The van der Waals surface area contributed by atoms with Gasteiger partial charge in [-0.2, -0.15) is 0 Å². The number of primary amides is 1. The fourth-order valence-corrected chi connectivity index (χ4v) is 4.00. The highest BCUT2D eigenvalue weighted by Gasteiger charge is 2.17. The number of urea groups is 1. The minimum Gasteiger partial charge on any atom is -0.366 e. The Morgan fingerprint density at radius 2 is 2.07 bits per heavy atom. The van der Waals surface area contributed by atoms with Crippen LogP contribution in [-0.4, -0.2) is 38.6 Å². The molecule has 0 unspecified atom stereocenters. The molecule has 9 heteroatoms. The lowest BCUT2D eigenvalue weighted by molar-refractivity contribution is 0.249. The first-order valence-corrected chi connectivity index (χ1v) is 9.91. The van der Waals surface area contributed by atoms with Crippen molar-refractivity contribution in [3.05, 3.63) is 36.0 Å². The third-order valence-electron chi connectivity index (χ3n) is 4.42. The second-order valence-corrected chi connectivity index (χ2v) is 7.59. The highest BCUT2D eigenvalue weighted by atomic mass is 32.1. The largest absolute Gasteiger partial charge is 0.366 e. The summed E-state index contributed by atoms with van der Waals surface area (Å²) in [7, 11) is 0. The van der Waals surface area contributed by atoms with Crippen LogP contribution in [0.2, 0.25) is 0 Å². The summed E-state index contributed by atoms with van der Waals surface area (Å²) in [5, 5.41) is 9.03. The first-order chi connectivity index (χ1) is 13.5. The maximum Gasteiger partial charge on any atom is 0.312 e. The number of hydrogen-bond acceptors (Lipinski definition) is 6. The van der Waals surface area contributed by atoms with Gasteiger partial charge in [0.15, 0.2) is 17.3 Å². The van der Waals surface area contributed by atoms with Crippen LogP contribution in [0, 0.1) is 0 Å². The van der Waals surface area contributed by atoms with Gasteiger partial charge < -0.3 is 20.9 Å². The zero-order chi connectivity index (χ0) is 19.7. The second kappa shape index (κ2) is 7.43. The van der Waals surface area contributed by atoms with Crippen molar-refractivity contribution in [1.82, 2.24) is 24.8 Å². The molecule has 0 aliphatic carbocycles. The third-order valence-corrected chi connectivity index (χ3v) is 5.38. The average molecular weight is 395 g/mol. The van der Waals surface area contributed by atoms with E-state index in [1.165, 1.54) is 4.70 Å². The van der Waals surface area contributed by atoms with Crippen molar-refractivity contribution in [1.29, 1.82) is 0 Å². The number of carbonyl (C=O) groups excluding carboxylic acids is 1. The van der Waals surface area contributed by atoms with E-state index in [4.69, 9.17) is 15.7 Å². The van der Waals surface area contributed by atoms with Crippen LogP contribution in [0.4, 0.5) is 10.6 Å². The van der Waals surface area contributed by atoms with Crippen LogP contribution in [0.1, 0.15) is 19.9 Å². The molecule has 4 N–H and O–H groups in total. The fraction of sp³-hybridized carbons (Fsp3) is 0.263. The number of aromatic nitrogens is 4. The fourth-order valence-electron chi connectivity index (χ4n) is 3.06. The molecule has 0 bridgehead atoms. The van der Waals surface area contributed by atoms with Gasteiger partial charge in [-0.3, -0.25) is 0 Å². The number of carbonyl (C=O) groups is 1. The molecule has 8 nitrogen and oxygen atoms in total. The van der Waals surface area contributed by atoms with Crippen LogP contribution >= 0.6 is 11.3 Å². The maximum absolute atomic E-state index is 10.9. The zero-order valence-electron chi connectivity index (χ0n) is 15.6. The Kier molecular flexibility index (Phi) is 4.82. The highest BCUT2D eigenvalue weighted by molar-refractivity contribution is 7.17. The molecule has 0 spiro atoms. The Morgan fingerprint density at radius 3 is 2.86 bits per heavy atom. The Hall–Kier alpha value is -3.20. The first kappa shape index (κ1) is 18.2. The summed E-state index contributed by atoms with van der Waals surface area (Å²) >= 11 is 1.67. The van der Waals surface area contributed by atoms with Gasteiger partial charge in [0, 0.05) is 40.2 Å². The standard InChI is InChI=1S/C19H21N7OS/c1-11(2)26-10-23-15-17(21-7-8-22-19(20)27)24-16(25-18(15)26)13-9-28-14-6-4-3-5-12(13)14/h3-6,9-11H,7-8H2,1-2H3,(H3,20,22,27)(H,21,24,25). The number of thiophene rings is 1. The van der Waals surface area contributed by atoms with Gasteiger partial charge in [-0.25, -0.2) is 19.7 Å². The van der Waals surface area contributed by atoms with E-state index in [1.54, 1.807) is 17.7 Å². The molecule has 4 aromatic rings. The second-order valence-electron chi connectivity index (χ2n) is 6.68. The molecule has 4 rings (SSSR count). The minimum absolute atomic E-state index is 0.219. The number of benzene rings is 1. The Morgan fingerprint density at radius 1 is 1.25 bits per heavy atom. The number of nitrogens with zero attached hydrogens (tertiary/aromatic N) is 4. The molecule has 3 heterocycles. The monoisotopic (exact) mass is 395 g/mol. The van der Waals surface area contributed by atoms with Crippen molar-refractivity contribution in [2.24, 2.45) is 5.73 Å². The average Bonchev–Trinajstić information content (AvgIpc) is 3.29. The molecule has 1 aromatic carbocycles. The Balaban J connectivity index is 1.80. The SMILES string of the molecule is CC(C)n1cnc2c(NCCNC(N)=O)nc(-c3csc4ccccc34)nc21. The lowest BCUT2D eigenvalue weighted by Crippen LogP contribution is -2.33. The van der Waals surface area contributed by atoms with Gasteiger partial charge in [0.25, 0.3) is 0 Å². The van der Waals surface area contributed by atoms with Crippen LogP contribution in [0.15, 0.2) is 36.0 Å². The summed E-state index contributed by atoms with van der Waals surface area (Å²) in [5.41, 5.74) is 7.60. The van der Waals surface area contributed by atoms with Gasteiger partial charge in [0.05, 0.1) is 6.33 Å². The van der Waals surface area contributed by atoms with Gasteiger partial charge in [-0.05, 0) is 19.9 Å². The quantitative estimate of drug-likeness (QED) is 0.434. The summed E-state index contributed by atoms with van der Waals surface area (Å²) in [5.74, 6) is 1.29. The lowest BCUT2D eigenvalue weighted by atomic mass is 10.1. The molecular weight excluding hydrogens is 374 g/mol. The number of fused-ring (bicyclic) bond motifs is 2. The number of amides is 2. The van der Waals surface area contributed by atoms with Gasteiger partial charge in [0.1, 0.15) is 5.52 Å². The zero-order valence-corrected chi connectivity index (χ0v) is 16.5. The molecule has 2 amide bonds. The van der Waals surface area contributed by atoms with Crippen molar-refractivity contribution in [3.8, 4) is 11.4 Å². The lowest BCUT2D eigenvalue weighted by Gasteiger charge is -2.11. The predicted octanol–water partition coefficient (Wildman–Crippen LogP) is 3.37. The van der Waals surface area contributed by atoms with Crippen LogP contribution in [0.3, 0.4) is 0 Å². The first-order valence-electron chi connectivity index (χ1n) is 9.03. The molecule has 0 saturated heterocycles. The molecule has 28 heavy (non-hydrogen) atoms. The van der Waals surface area contributed by atoms with Crippen molar-refractivity contribution in [2.75, 3.05) is 18.4 Å². The molecule has 0 aliphatic rings. The molecule has 0 radical (unpaired) electrons. The van der Waals surface area contributed by atoms with E-state index in [-0.39, 0.29) is 6.04 Å². The molecule has 0 saturated carbocycles. The topological polar surface area (TPSA) is 111 Å². The number of anilines is 1. The predicted molar refractivity (Wildman–Crippen MR) is 113 cm³/mol. The van der Waals surface area contributed by atoms with Crippen molar-refractivity contribution >= 4 is 44.4 Å². The number of hydrogen-bond donors (Lipinski definition) is 3. The van der Waals surface area contributed by atoms with E-state index in [0.29, 0.717) is 30.2 Å². The summed E-state index contributed by atoms with van der Waals surface area (Å²) in [6.45, 7) is 5.05. The van der Waals surface area contributed by atoms with E-state index in [1.807, 2.05) is 16.7 Å². The van der Waals surface area contributed by atoms with Crippen molar-refractivity contribution < 1.29 is 4.79 Å². The van der Waals surface area contributed by atoms with Crippen molar-refractivity contribution in [2.45, 2.75) is 19.9 Å². The minimum atomic E-state index is -0.552. The van der Waals surface area contributed by atoms with Crippen LogP contribution < -0.4 is 16.4 Å². The van der Waals surface area contributed by atoms with E-state index in [2.05, 4.69) is 47.0 Å².